The number of hydrogen-bond acceptors (Lipinski definition) is 6. The van der Waals surface area contributed by atoms with Crippen LogP contribution in [-0.2, 0) is 5.41 Å². The van der Waals surface area contributed by atoms with Gasteiger partial charge in [-0.3, -0.25) is 0 Å². The van der Waals surface area contributed by atoms with Crippen molar-refractivity contribution in [3.63, 3.8) is 0 Å². The molecule has 0 fully saturated rings. The molecule has 4 heterocycles. The average molecular weight is 870 g/mol. The summed E-state index contributed by atoms with van der Waals surface area (Å²) in [5, 5.41) is 2.27. The summed E-state index contributed by atoms with van der Waals surface area (Å²) in [6.07, 6.45) is 0. The Kier molecular flexibility index (Phi) is 9.25. The van der Waals surface area contributed by atoms with Crippen LogP contribution in [-0.4, -0.2) is 34.5 Å². The van der Waals surface area contributed by atoms with Crippen LogP contribution < -0.4 is 0 Å². The molecule has 4 bridgehead atoms. The number of aromatic nitrogens is 7. The maximum atomic E-state index is 5.69. The van der Waals surface area contributed by atoms with E-state index in [1.54, 1.807) is 0 Å². The summed E-state index contributed by atoms with van der Waals surface area (Å²) in [5.41, 5.74) is 11.7. The molecule has 0 atom stereocenters. The molecule has 12 aromatic rings. The van der Waals surface area contributed by atoms with Crippen LogP contribution in [0.2, 0.25) is 0 Å². The van der Waals surface area contributed by atoms with Gasteiger partial charge in [-0.15, -0.1) is 0 Å². The molecule has 13 rings (SSSR count). The maximum absolute atomic E-state index is 5.69. The van der Waals surface area contributed by atoms with Gasteiger partial charge in [0.15, 0.2) is 34.9 Å². The standard InChI is InChI=1S/C61H39N7/c1-7-19-40(20-8-1)44-31-34-49-50-35-33-48-39-54(50)68(53(49)38-44)52-36-32-45(58-63-55(41-21-9-2-10-22-41)62-56(64-58)42-23-11-3-12-24-42)37-51(52)59-65-57(43-25-13-4-14-26-43)66-60(67-59)61(48,46-27-15-5-16-28-46)47-29-17-6-18-30-47/h1-39H. The second-order valence-electron chi connectivity index (χ2n) is 17.1. The SMILES string of the molecule is c1ccc(-c2ccc3c4ccc5cc4n(c3c2)-c2ccc(-c3nc(-c4ccccc4)nc(-c4ccccc4)n3)cc2-c2nc(-c3ccccc3)nc(n2)C5(c2ccccc2)c2ccccc2)cc1. The fourth-order valence-corrected chi connectivity index (χ4v) is 9.95. The molecular formula is C61H39N7. The Morgan fingerprint density at radius 1 is 0.279 bits per heavy atom. The van der Waals surface area contributed by atoms with E-state index in [0.717, 1.165) is 83.1 Å². The molecule has 0 N–H and O–H groups in total. The van der Waals surface area contributed by atoms with Crippen molar-refractivity contribution >= 4 is 21.8 Å². The van der Waals surface area contributed by atoms with Crippen molar-refractivity contribution in [1.82, 2.24) is 34.5 Å². The number of benzene rings is 9. The molecule has 3 aromatic heterocycles. The first-order valence-corrected chi connectivity index (χ1v) is 22.8. The third kappa shape index (κ3) is 6.43. The number of fused-ring (bicyclic) bond motifs is 9. The number of hydrogen-bond donors (Lipinski definition) is 0. The van der Waals surface area contributed by atoms with E-state index in [1.807, 2.05) is 78.9 Å². The van der Waals surface area contributed by atoms with Gasteiger partial charge in [-0.2, -0.15) is 0 Å². The predicted octanol–water partition coefficient (Wildman–Crippen LogP) is 13.9. The van der Waals surface area contributed by atoms with Crippen LogP contribution in [0.3, 0.4) is 0 Å². The monoisotopic (exact) mass is 869 g/mol. The molecule has 0 amide bonds. The molecule has 318 valence electrons. The highest BCUT2D eigenvalue weighted by Crippen LogP contribution is 2.48. The average Bonchev–Trinajstić information content (AvgIpc) is 3.75. The van der Waals surface area contributed by atoms with Gasteiger partial charge in [-0.05, 0) is 58.1 Å². The highest BCUT2D eigenvalue weighted by molar-refractivity contribution is 6.11. The van der Waals surface area contributed by atoms with Gasteiger partial charge in [0.25, 0.3) is 0 Å². The van der Waals surface area contributed by atoms with E-state index in [4.69, 9.17) is 29.9 Å². The lowest BCUT2D eigenvalue weighted by molar-refractivity contribution is 0.675. The summed E-state index contributed by atoms with van der Waals surface area (Å²) in [7, 11) is 0. The van der Waals surface area contributed by atoms with Crippen molar-refractivity contribution in [1.29, 1.82) is 0 Å². The second kappa shape index (κ2) is 16.0. The van der Waals surface area contributed by atoms with Gasteiger partial charge in [0.05, 0.1) is 16.7 Å². The van der Waals surface area contributed by atoms with E-state index >= 15 is 0 Å². The highest BCUT2D eigenvalue weighted by atomic mass is 15.1. The van der Waals surface area contributed by atoms with Crippen LogP contribution in [0.1, 0.15) is 22.5 Å². The van der Waals surface area contributed by atoms with Gasteiger partial charge >= 0.3 is 0 Å². The van der Waals surface area contributed by atoms with E-state index in [0.29, 0.717) is 34.9 Å². The lowest BCUT2D eigenvalue weighted by atomic mass is 9.68. The molecule has 7 heteroatoms. The summed E-state index contributed by atoms with van der Waals surface area (Å²) < 4.78 is 2.40. The topological polar surface area (TPSA) is 82.3 Å². The molecule has 0 spiro atoms. The fraction of sp³-hybridized carbons (Fsp3) is 0.0164. The quantitative estimate of drug-likeness (QED) is 0.159. The molecule has 0 saturated heterocycles. The molecule has 1 aliphatic heterocycles. The fourth-order valence-electron chi connectivity index (χ4n) is 9.95. The third-order valence-electron chi connectivity index (χ3n) is 13.2. The maximum Gasteiger partial charge on any atom is 0.165 e. The molecule has 0 aliphatic carbocycles. The minimum atomic E-state index is -0.965. The second-order valence-corrected chi connectivity index (χ2v) is 17.1. The number of rotatable bonds is 7. The first-order chi connectivity index (χ1) is 33.7. The summed E-state index contributed by atoms with van der Waals surface area (Å²) in [5.74, 6) is 3.42. The lowest BCUT2D eigenvalue weighted by Gasteiger charge is -2.35. The van der Waals surface area contributed by atoms with Gasteiger partial charge in [-0.1, -0.05) is 206 Å². The third-order valence-corrected chi connectivity index (χ3v) is 13.2. The van der Waals surface area contributed by atoms with Gasteiger partial charge in [0, 0.05) is 38.6 Å². The van der Waals surface area contributed by atoms with E-state index in [1.165, 1.54) is 0 Å². The smallest absolute Gasteiger partial charge is 0.165 e. The molecule has 0 saturated carbocycles. The first-order valence-electron chi connectivity index (χ1n) is 22.8. The van der Waals surface area contributed by atoms with Gasteiger partial charge < -0.3 is 4.57 Å². The molecule has 1 aliphatic rings. The molecule has 68 heavy (non-hydrogen) atoms. The van der Waals surface area contributed by atoms with Crippen molar-refractivity contribution in [3.05, 3.63) is 259 Å². The van der Waals surface area contributed by atoms with Gasteiger partial charge in [0.2, 0.25) is 0 Å². The van der Waals surface area contributed by atoms with Crippen LogP contribution in [0.4, 0.5) is 0 Å². The van der Waals surface area contributed by atoms with Gasteiger partial charge in [-0.25, -0.2) is 29.9 Å². The Morgan fingerprint density at radius 3 is 1.24 bits per heavy atom. The Bertz CT molecular complexity index is 3730. The lowest BCUT2D eigenvalue weighted by Crippen LogP contribution is -2.34. The van der Waals surface area contributed by atoms with Crippen LogP contribution in [0.25, 0.3) is 95.6 Å². The molecule has 0 radical (unpaired) electrons. The molecule has 9 aromatic carbocycles. The Labute approximate surface area is 392 Å². The normalized spacial score (nSPS) is 12.5. The first kappa shape index (κ1) is 39.2. The summed E-state index contributed by atoms with van der Waals surface area (Å²) in [4.78, 5) is 32.0. The van der Waals surface area contributed by atoms with E-state index in [9.17, 15) is 0 Å². The minimum Gasteiger partial charge on any atom is -0.308 e. The van der Waals surface area contributed by atoms with Crippen LogP contribution in [0.5, 0.6) is 0 Å². The molecule has 0 unspecified atom stereocenters. The van der Waals surface area contributed by atoms with E-state index in [-0.39, 0.29) is 0 Å². The van der Waals surface area contributed by atoms with Crippen molar-refractivity contribution in [2.75, 3.05) is 0 Å². The van der Waals surface area contributed by atoms with Crippen LogP contribution in [0.15, 0.2) is 237 Å². The summed E-state index contributed by atoms with van der Waals surface area (Å²) in [6, 6.07) is 82.4. The van der Waals surface area contributed by atoms with Gasteiger partial charge in [0.1, 0.15) is 5.41 Å². The van der Waals surface area contributed by atoms with Crippen LogP contribution in [0, 0.1) is 0 Å². The number of nitrogens with zero attached hydrogens (tertiary/aromatic N) is 7. The predicted molar refractivity (Wildman–Crippen MR) is 272 cm³/mol. The van der Waals surface area contributed by atoms with Crippen molar-refractivity contribution in [2.24, 2.45) is 0 Å². The zero-order valence-electron chi connectivity index (χ0n) is 36.6. The Morgan fingerprint density at radius 2 is 0.691 bits per heavy atom. The highest BCUT2D eigenvalue weighted by Gasteiger charge is 2.43. The van der Waals surface area contributed by atoms with E-state index in [2.05, 4.69) is 162 Å². The summed E-state index contributed by atoms with van der Waals surface area (Å²) >= 11 is 0. The Balaban J connectivity index is 1.18. The zero-order chi connectivity index (χ0) is 45.0. The van der Waals surface area contributed by atoms with E-state index < -0.39 is 5.41 Å². The summed E-state index contributed by atoms with van der Waals surface area (Å²) in [6.45, 7) is 0. The van der Waals surface area contributed by atoms with Crippen molar-refractivity contribution in [2.45, 2.75) is 5.41 Å². The Hall–Kier alpha value is -9.20. The van der Waals surface area contributed by atoms with Crippen LogP contribution >= 0.6 is 0 Å². The zero-order valence-corrected chi connectivity index (χ0v) is 36.6. The largest absolute Gasteiger partial charge is 0.308 e. The molecular weight excluding hydrogens is 831 g/mol. The molecule has 7 nitrogen and oxygen atoms in total. The minimum absolute atomic E-state index is 0.530. The van der Waals surface area contributed by atoms with Crippen molar-refractivity contribution < 1.29 is 0 Å². The van der Waals surface area contributed by atoms with Crippen molar-refractivity contribution in [3.8, 4) is 73.8 Å².